The van der Waals surface area contributed by atoms with Crippen LogP contribution in [0.2, 0.25) is 0 Å². The van der Waals surface area contributed by atoms with Crippen LogP contribution in [0.15, 0.2) is 42.5 Å². The van der Waals surface area contributed by atoms with Gasteiger partial charge in [-0.1, -0.05) is 29.0 Å². The minimum Gasteiger partial charge on any atom is -0.298 e. The third-order valence-electron chi connectivity index (χ3n) is 4.17. The number of hydrogen-bond acceptors (Lipinski definition) is 4. The van der Waals surface area contributed by atoms with Crippen molar-refractivity contribution >= 4 is 43.5 Å². The molecule has 2 aromatic heterocycles. The number of pyridine rings is 1. The average molecular weight is 347 g/mol. The molecule has 124 valence electrons. The van der Waals surface area contributed by atoms with Gasteiger partial charge in [0.15, 0.2) is 5.13 Å². The van der Waals surface area contributed by atoms with Crippen molar-refractivity contribution in [3.05, 3.63) is 64.8 Å². The number of nitrogens with zero attached hydrogens (tertiary/aromatic N) is 2. The smallest absolute Gasteiger partial charge is 0.259 e. The average Bonchev–Trinajstić information content (AvgIpc) is 2.95. The van der Waals surface area contributed by atoms with E-state index < -0.39 is 0 Å². The van der Waals surface area contributed by atoms with E-state index in [9.17, 15) is 4.79 Å². The molecular weight excluding hydrogens is 330 g/mol. The zero-order chi connectivity index (χ0) is 17.6. The summed E-state index contributed by atoms with van der Waals surface area (Å²) in [4.78, 5) is 21.8. The number of aryl methyl sites for hydroxylation is 3. The van der Waals surface area contributed by atoms with Crippen molar-refractivity contribution in [3.63, 3.8) is 0 Å². The molecule has 0 fully saturated rings. The van der Waals surface area contributed by atoms with Crippen LogP contribution in [0.3, 0.4) is 0 Å². The lowest BCUT2D eigenvalue weighted by atomic mass is 10.1. The zero-order valence-corrected chi connectivity index (χ0v) is 15.1. The number of benzene rings is 2. The van der Waals surface area contributed by atoms with E-state index >= 15 is 0 Å². The van der Waals surface area contributed by atoms with Crippen molar-refractivity contribution in [2.24, 2.45) is 0 Å². The molecule has 0 unspecified atom stereocenters. The van der Waals surface area contributed by atoms with E-state index in [2.05, 4.69) is 21.4 Å². The Bertz CT molecular complexity index is 1130. The van der Waals surface area contributed by atoms with Gasteiger partial charge in [0.05, 0.1) is 27.0 Å². The first-order chi connectivity index (χ1) is 12.0. The summed E-state index contributed by atoms with van der Waals surface area (Å²) in [5.74, 6) is -0.177. The molecule has 0 aliphatic rings. The van der Waals surface area contributed by atoms with E-state index in [1.54, 1.807) is 0 Å². The topological polar surface area (TPSA) is 54.9 Å². The fourth-order valence-corrected chi connectivity index (χ4v) is 3.83. The van der Waals surface area contributed by atoms with Crippen LogP contribution >= 0.6 is 11.3 Å². The molecule has 4 rings (SSSR count). The second-order valence-corrected chi connectivity index (χ2v) is 7.29. The number of fused-ring (bicyclic) bond motifs is 2. The molecule has 1 N–H and O–H groups in total. The van der Waals surface area contributed by atoms with Gasteiger partial charge in [-0.25, -0.2) is 4.98 Å². The van der Waals surface area contributed by atoms with Crippen molar-refractivity contribution < 1.29 is 4.79 Å². The van der Waals surface area contributed by atoms with Gasteiger partial charge in [0.25, 0.3) is 5.91 Å². The molecule has 0 spiro atoms. The molecule has 0 aliphatic heterocycles. The van der Waals surface area contributed by atoms with Crippen LogP contribution in [0.5, 0.6) is 0 Å². The van der Waals surface area contributed by atoms with E-state index in [1.165, 1.54) is 16.9 Å². The Hall–Kier alpha value is -2.79. The number of hydrogen-bond donors (Lipinski definition) is 1. The number of carbonyl (C=O) groups is 1. The maximum atomic E-state index is 12.7. The first-order valence-corrected chi connectivity index (χ1v) is 8.88. The first kappa shape index (κ1) is 15.7. The predicted molar refractivity (Wildman–Crippen MR) is 104 cm³/mol. The van der Waals surface area contributed by atoms with Gasteiger partial charge in [0, 0.05) is 5.39 Å². The number of aromatic nitrogens is 2. The minimum absolute atomic E-state index is 0.177. The molecule has 5 heteroatoms. The summed E-state index contributed by atoms with van der Waals surface area (Å²) < 4.78 is 1.07. The zero-order valence-electron chi connectivity index (χ0n) is 14.3. The molecule has 0 atom stereocenters. The van der Waals surface area contributed by atoms with Crippen LogP contribution in [0, 0.1) is 20.8 Å². The molecule has 0 saturated carbocycles. The minimum atomic E-state index is -0.177. The highest BCUT2D eigenvalue weighted by Crippen LogP contribution is 2.27. The summed E-state index contributed by atoms with van der Waals surface area (Å²) in [5, 5.41) is 4.49. The summed E-state index contributed by atoms with van der Waals surface area (Å²) in [6, 6.07) is 14.0. The molecule has 0 bridgehead atoms. The number of nitrogens with one attached hydrogen (secondary N) is 1. The van der Waals surface area contributed by atoms with Crippen LogP contribution in [0.1, 0.15) is 27.2 Å². The fraction of sp³-hybridized carbons (Fsp3) is 0.150. The third-order valence-corrected chi connectivity index (χ3v) is 5.10. The molecule has 4 aromatic rings. The van der Waals surface area contributed by atoms with Crippen LogP contribution in [0.4, 0.5) is 5.13 Å². The Balaban J connectivity index is 1.69. The summed E-state index contributed by atoms with van der Waals surface area (Å²) in [6.45, 7) is 5.93. The van der Waals surface area contributed by atoms with Gasteiger partial charge < -0.3 is 0 Å². The van der Waals surface area contributed by atoms with Gasteiger partial charge in [-0.2, -0.15) is 0 Å². The molecule has 25 heavy (non-hydrogen) atoms. The normalized spacial score (nSPS) is 11.2. The summed E-state index contributed by atoms with van der Waals surface area (Å²) in [5.41, 5.74) is 5.41. The van der Waals surface area contributed by atoms with Crippen molar-refractivity contribution in [2.75, 3.05) is 5.32 Å². The molecule has 0 saturated heterocycles. The second kappa shape index (κ2) is 5.93. The first-order valence-electron chi connectivity index (χ1n) is 8.06. The summed E-state index contributed by atoms with van der Waals surface area (Å²) >= 11 is 1.48. The van der Waals surface area contributed by atoms with Crippen LogP contribution in [-0.2, 0) is 0 Å². The molecular formula is C20H17N3OS. The predicted octanol–water partition coefficient (Wildman–Crippen LogP) is 5.02. The summed E-state index contributed by atoms with van der Waals surface area (Å²) in [7, 11) is 0. The van der Waals surface area contributed by atoms with E-state index in [-0.39, 0.29) is 5.91 Å². The van der Waals surface area contributed by atoms with Crippen LogP contribution < -0.4 is 5.32 Å². The largest absolute Gasteiger partial charge is 0.298 e. The highest BCUT2D eigenvalue weighted by Gasteiger charge is 2.14. The molecule has 2 aromatic carbocycles. The van der Waals surface area contributed by atoms with Gasteiger partial charge in [-0.15, -0.1) is 0 Å². The monoisotopic (exact) mass is 347 g/mol. The van der Waals surface area contributed by atoms with Crippen molar-refractivity contribution in [2.45, 2.75) is 20.8 Å². The number of carbonyl (C=O) groups excluding carboxylic acids is 1. The quantitative estimate of drug-likeness (QED) is 0.554. The molecule has 0 radical (unpaired) electrons. The SMILES string of the molecule is Cc1ccc2nc(C)c(C(=O)Nc3nc4ccc(C)cc4s3)cc2c1. The van der Waals surface area contributed by atoms with E-state index in [0.29, 0.717) is 16.4 Å². The standard InChI is InChI=1S/C20H17N3OS/c1-11-4-6-16-14(8-11)10-15(13(3)21-16)19(24)23-20-22-17-7-5-12(2)9-18(17)25-20/h4-10H,1-3H3,(H,22,23,24). The van der Waals surface area contributed by atoms with Gasteiger partial charge in [-0.3, -0.25) is 15.1 Å². The molecule has 0 aliphatic carbocycles. The Morgan fingerprint density at radius 2 is 1.64 bits per heavy atom. The Kier molecular flexibility index (Phi) is 3.73. The molecule has 4 nitrogen and oxygen atoms in total. The van der Waals surface area contributed by atoms with Gasteiger partial charge >= 0.3 is 0 Å². The Morgan fingerprint density at radius 1 is 0.920 bits per heavy atom. The van der Waals surface area contributed by atoms with Gasteiger partial charge in [0.2, 0.25) is 0 Å². The Morgan fingerprint density at radius 3 is 2.44 bits per heavy atom. The second-order valence-electron chi connectivity index (χ2n) is 6.26. The van der Waals surface area contributed by atoms with Crippen molar-refractivity contribution in [1.82, 2.24) is 9.97 Å². The number of anilines is 1. The van der Waals surface area contributed by atoms with E-state index in [0.717, 1.165) is 26.7 Å². The summed E-state index contributed by atoms with van der Waals surface area (Å²) in [6.07, 6.45) is 0. The van der Waals surface area contributed by atoms with E-state index in [1.807, 2.05) is 57.2 Å². The van der Waals surface area contributed by atoms with Gasteiger partial charge in [-0.05, 0) is 56.7 Å². The lowest BCUT2D eigenvalue weighted by molar-refractivity contribution is 0.102. The maximum absolute atomic E-state index is 12.7. The van der Waals surface area contributed by atoms with Crippen molar-refractivity contribution in [3.8, 4) is 0 Å². The van der Waals surface area contributed by atoms with Crippen LogP contribution in [0.25, 0.3) is 21.1 Å². The lowest BCUT2D eigenvalue weighted by Gasteiger charge is -2.07. The van der Waals surface area contributed by atoms with Gasteiger partial charge in [0.1, 0.15) is 0 Å². The fourth-order valence-electron chi connectivity index (χ4n) is 2.87. The van der Waals surface area contributed by atoms with E-state index in [4.69, 9.17) is 0 Å². The number of rotatable bonds is 2. The van der Waals surface area contributed by atoms with Crippen LogP contribution in [-0.4, -0.2) is 15.9 Å². The van der Waals surface area contributed by atoms with Crippen molar-refractivity contribution in [1.29, 1.82) is 0 Å². The highest BCUT2D eigenvalue weighted by molar-refractivity contribution is 7.22. The maximum Gasteiger partial charge on any atom is 0.259 e. The lowest BCUT2D eigenvalue weighted by Crippen LogP contribution is -2.14. The molecule has 2 heterocycles. The third kappa shape index (κ3) is 2.98. The number of thiazole rings is 1. The highest BCUT2D eigenvalue weighted by atomic mass is 32.1. The molecule has 1 amide bonds. The Labute approximate surface area is 149 Å². The number of amides is 1.